The minimum absolute atomic E-state index is 0.221. The van der Waals surface area contributed by atoms with Crippen LogP contribution in [0.25, 0.3) is 11.1 Å². The van der Waals surface area contributed by atoms with E-state index in [1.165, 1.54) is 11.8 Å². The molecule has 0 radical (unpaired) electrons. The Hall–Kier alpha value is -2.95. The van der Waals surface area contributed by atoms with E-state index in [2.05, 4.69) is 11.5 Å². The number of carboxylic acid groups (broad SMARTS) is 1. The molecule has 122 valence electrons. The molecule has 0 fully saturated rings. The van der Waals surface area contributed by atoms with Crippen molar-refractivity contribution in [1.29, 1.82) is 5.26 Å². The quantitative estimate of drug-likeness (QED) is 0.360. The molecule has 0 unspecified atom stereocenters. The van der Waals surface area contributed by atoms with Crippen LogP contribution >= 0.6 is 11.8 Å². The Morgan fingerprint density at radius 1 is 1.12 bits per heavy atom. The number of nitrogens with zero attached hydrogens (tertiary/aromatic N) is 1. The minimum atomic E-state index is -1.22. The van der Waals surface area contributed by atoms with Gasteiger partial charge in [-0.25, -0.2) is 10.6 Å². The molecule has 0 aromatic heterocycles. The van der Waals surface area contributed by atoms with Gasteiger partial charge in [0.1, 0.15) is 10.7 Å². The maximum Gasteiger partial charge on any atom is 0.354 e. The van der Waals surface area contributed by atoms with Crippen molar-refractivity contribution in [3.63, 3.8) is 0 Å². The summed E-state index contributed by atoms with van der Waals surface area (Å²) >= 11 is 1.22. The van der Waals surface area contributed by atoms with Crippen molar-refractivity contribution in [3.05, 3.63) is 70.4 Å². The van der Waals surface area contributed by atoms with Gasteiger partial charge in [-0.05, 0) is 28.8 Å². The van der Waals surface area contributed by atoms with Crippen LogP contribution in [-0.4, -0.2) is 11.1 Å². The van der Waals surface area contributed by atoms with Crippen LogP contribution in [0.15, 0.2) is 59.3 Å². The summed E-state index contributed by atoms with van der Waals surface area (Å²) in [6, 6.07) is 17.3. The third kappa shape index (κ3) is 4.29. The predicted molar refractivity (Wildman–Crippen MR) is 94.1 cm³/mol. The molecule has 0 aliphatic carbocycles. The molecule has 2 aromatic rings. The van der Waals surface area contributed by atoms with Gasteiger partial charge in [-0.15, -0.1) is 11.8 Å². The Kier molecular flexibility index (Phi) is 5.84. The molecule has 0 aliphatic heterocycles. The molecular formula is C17H16N4O2S. The molecule has 7 heteroatoms. The van der Waals surface area contributed by atoms with Crippen LogP contribution in [0.5, 0.6) is 0 Å². The van der Waals surface area contributed by atoms with Gasteiger partial charge in [0.05, 0.1) is 11.6 Å². The van der Waals surface area contributed by atoms with Gasteiger partial charge in [0.15, 0.2) is 0 Å². The fraction of sp³-hybridized carbons (Fsp3) is 0.0588. The summed E-state index contributed by atoms with van der Waals surface area (Å²) in [7, 11) is 0. The van der Waals surface area contributed by atoms with Gasteiger partial charge in [-0.3, -0.25) is 0 Å². The first-order valence-corrected chi connectivity index (χ1v) is 7.95. The number of nitrogens with two attached hydrogens (primary N) is 2. The van der Waals surface area contributed by atoms with Crippen LogP contribution < -0.4 is 17.0 Å². The summed E-state index contributed by atoms with van der Waals surface area (Å²) in [5.41, 5.74) is 11.1. The van der Waals surface area contributed by atoms with E-state index in [-0.39, 0.29) is 10.7 Å². The molecule has 0 saturated heterocycles. The number of aliphatic carboxylic acids is 1. The molecule has 0 amide bonds. The lowest BCUT2D eigenvalue weighted by Crippen LogP contribution is -2.26. The van der Waals surface area contributed by atoms with Crippen molar-refractivity contribution in [2.75, 3.05) is 0 Å². The predicted octanol–water partition coefficient (Wildman–Crippen LogP) is 2.13. The Balaban J connectivity index is 2.08. The molecule has 6 N–H and O–H groups in total. The van der Waals surface area contributed by atoms with Crippen LogP contribution in [0.2, 0.25) is 0 Å². The summed E-state index contributed by atoms with van der Waals surface area (Å²) in [5, 5.41) is 17.9. The summed E-state index contributed by atoms with van der Waals surface area (Å²) < 4.78 is 0. The molecule has 2 rings (SSSR count). The van der Waals surface area contributed by atoms with Crippen LogP contribution in [0.1, 0.15) is 11.1 Å². The Morgan fingerprint density at radius 3 is 2.12 bits per heavy atom. The highest BCUT2D eigenvalue weighted by Crippen LogP contribution is 2.24. The number of hydrogen-bond donors (Lipinski definition) is 4. The van der Waals surface area contributed by atoms with E-state index in [0.29, 0.717) is 11.3 Å². The van der Waals surface area contributed by atoms with Gasteiger partial charge in [0.2, 0.25) is 0 Å². The van der Waals surface area contributed by atoms with Gasteiger partial charge in [0.25, 0.3) is 0 Å². The van der Waals surface area contributed by atoms with E-state index in [9.17, 15) is 4.79 Å². The first-order valence-electron chi connectivity index (χ1n) is 6.97. The molecule has 0 spiro atoms. The number of nitriles is 1. The Labute approximate surface area is 143 Å². The highest BCUT2D eigenvalue weighted by Gasteiger charge is 2.10. The third-order valence-corrected chi connectivity index (χ3v) is 4.39. The molecule has 2 aromatic carbocycles. The van der Waals surface area contributed by atoms with E-state index in [4.69, 9.17) is 21.9 Å². The lowest BCUT2D eigenvalue weighted by atomic mass is 10.0. The first kappa shape index (κ1) is 17.4. The average Bonchev–Trinajstić information content (AvgIpc) is 2.62. The number of nitrogens with one attached hydrogen (secondary N) is 1. The lowest BCUT2D eigenvalue weighted by molar-refractivity contribution is -0.132. The summed E-state index contributed by atoms with van der Waals surface area (Å²) in [6.07, 6.45) is 0. The van der Waals surface area contributed by atoms with Gasteiger partial charge >= 0.3 is 5.97 Å². The number of hydrogen-bond acceptors (Lipinski definition) is 6. The number of carboxylic acids is 1. The van der Waals surface area contributed by atoms with Crippen molar-refractivity contribution >= 4 is 17.7 Å². The second-order valence-electron chi connectivity index (χ2n) is 4.87. The van der Waals surface area contributed by atoms with E-state index in [1.807, 2.05) is 36.4 Å². The zero-order valence-electron chi connectivity index (χ0n) is 12.7. The van der Waals surface area contributed by atoms with Gasteiger partial charge in [-0.2, -0.15) is 5.26 Å². The van der Waals surface area contributed by atoms with Crippen LogP contribution in [0, 0.1) is 11.3 Å². The number of hydrazine groups is 1. The van der Waals surface area contributed by atoms with Gasteiger partial charge < -0.3 is 16.3 Å². The first-order chi connectivity index (χ1) is 11.5. The van der Waals surface area contributed by atoms with Gasteiger partial charge in [-0.1, -0.05) is 36.4 Å². The fourth-order valence-corrected chi connectivity index (χ4v) is 2.81. The van der Waals surface area contributed by atoms with Gasteiger partial charge in [0, 0.05) is 5.75 Å². The summed E-state index contributed by atoms with van der Waals surface area (Å²) in [6.45, 7) is 0. The highest BCUT2D eigenvalue weighted by molar-refractivity contribution is 8.02. The van der Waals surface area contributed by atoms with Crippen molar-refractivity contribution in [2.45, 2.75) is 5.75 Å². The second kappa shape index (κ2) is 8.06. The number of carbonyl (C=O) groups is 1. The molecule has 0 atom stereocenters. The topological polar surface area (TPSA) is 125 Å². The molecule has 24 heavy (non-hydrogen) atoms. The van der Waals surface area contributed by atoms with E-state index in [0.717, 1.165) is 16.7 Å². The van der Waals surface area contributed by atoms with Crippen LogP contribution in [0.3, 0.4) is 0 Å². The number of benzene rings is 2. The number of rotatable bonds is 6. The molecule has 0 bridgehead atoms. The lowest BCUT2D eigenvalue weighted by Gasteiger charge is -2.09. The van der Waals surface area contributed by atoms with Crippen LogP contribution in [-0.2, 0) is 10.5 Å². The van der Waals surface area contributed by atoms with Crippen molar-refractivity contribution < 1.29 is 9.90 Å². The van der Waals surface area contributed by atoms with E-state index < -0.39 is 5.97 Å². The molecule has 0 heterocycles. The largest absolute Gasteiger partial charge is 0.477 e. The second-order valence-corrected chi connectivity index (χ2v) is 5.85. The minimum Gasteiger partial charge on any atom is -0.477 e. The zero-order valence-corrected chi connectivity index (χ0v) is 13.5. The average molecular weight is 340 g/mol. The molecule has 0 aliphatic rings. The molecule has 0 saturated carbocycles. The SMILES string of the molecule is N#Cc1ccc(-c2ccc(CS/C(NN)=C(/N)C(=O)O)cc2)cc1. The summed E-state index contributed by atoms with van der Waals surface area (Å²) in [4.78, 5) is 10.8. The van der Waals surface area contributed by atoms with Crippen molar-refractivity contribution in [2.24, 2.45) is 11.6 Å². The van der Waals surface area contributed by atoms with E-state index >= 15 is 0 Å². The summed E-state index contributed by atoms with van der Waals surface area (Å²) in [5.74, 6) is 4.62. The standard InChI is InChI=1S/C17H16N4O2S/c18-9-11-1-5-13(6-2-11)14-7-3-12(4-8-14)10-24-16(21-20)15(19)17(22)23/h1-8,21H,10,19-20H2,(H,22,23)/b16-15+. The van der Waals surface area contributed by atoms with Crippen molar-refractivity contribution in [3.8, 4) is 17.2 Å². The van der Waals surface area contributed by atoms with E-state index in [1.54, 1.807) is 12.1 Å². The maximum atomic E-state index is 10.8. The van der Waals surface area contributed by atoms with Crippen LogP contribution in [0.4, 0.5) is 0 Å². The Morgan fingerprint density at radius 2 is 1.67 bits per heavy atom. The maximum absolute atomic E-state index is 10.8. The number of thioether (sulfide) groups is 1. The normalized spacial score (nSPS) is 11.3. The smallest absolute Gasteiger partial charge is 0.354 e. The zero-order chi connectivity index (χ0) is 17.5. The monoisotopic (exact) mass is 340 g/mol. The fourth-order valence-electron chi connectivity index (χ4n) is 1.98. The Bertz CT molecular complexity index is 793. The third-order valence-electron chi connectivity index (χ3n) is 3.29. The molecule has 6 nitrogen and oxygen atoms in total. The molecular weight excluding hydrogens is 324 g/mol. The highest BCUT2D eigenvalue weighted by atomic mass is 32.2. The van der Waals surface area contributed by atoms with Crippen molar-refractivity contribution in [1.82, 2.24) is 5.43 Å².